The van der Waals surface area contributed by atoms with Crippen LogP contribution < -0.4 is 24.0 Å². The molecule has 0 spiro atoms. The van der Waals surface area contributed by atoms with E-state index in [0.717, 1.165) is 18.1 Å². The molecule has 3 aromatic rings. The van der Waals surface area contributed by atoms with Crippen LogP contribution in [0, 0.1) is 6.92 Å². The van der Waals surface area contributed by atoms with Crippen molar-refractivity contribution >= 4 is 17.4 Å². The van der Waals surface area contributed by atoms with E-state index >= 15 is 0 Å². The standard InChI is InChI=1S/C25H27N3O4/c1-17-7-9-18(10-8-17)16-27-12-13-28(20-6-5-11-26-24(20)27)25(29)19-14-21(30-2)23(32-4)22(15-19)31-3/h5-11,14-15H,12-13,16H2,1-4H3. The van der Waals surface area contributed by atoms with E-state index in [1.165, 1.54) is 32.5 Å². The van der Waals surface area contributed by atoms with Gasteiger partial charge in [0.25, 0.3) is 5.91 Å². The quantitative estimate of drug-likeness (QED) is 0.584. The molecule has 2 heterocycles. The van der Waals surface area contributed by atoms with Crippen LogP contribution in [-0.2, 0) is 6.54 Å². The molecule has 1 aromatic heterocycles. The van der Waals surface area contributed by atoms with Gasteiger partial charge in [-0.3, -0.25) is 4.79 Å². The molecule has 0 aliphatic carbocycles. The number of pyridine rings is 1. The third kappa shape index (κ3) is 4.06. The Morgan fingerprint density at radius 2 is 1.66 bits per heavy atom. The van der Waals surface area contributed by atoms with Crippen molar-refractivity contribution in [2.75, 3.05) is 44.2 Å². The Bertz CT molecular complexity index is 1090. The molecule has 0 radical (unpaired) electrons. The lowest BCUT2D eigenvalue weighted by molar-refractivity contribution is 0.0985. The van der Waals surface area contributed by atoms with Crippen molar-refractivity contribution in [2.24, 2.45) is 0 Å². The van der Waals surface area contributed by atoms with Crippen LogP contribution in [0.2, 0.25) is 0 Å². The summed E-state index contributed by atoms with van der Waals surface area (Å²) >= 11 is 0. The number of ether oxygens (including phenoxy) is 3. The maximum absolute atomic E-state index is 13.5. The first-order valence-corrected chi connectivity index (χ1v) is 10.4. The number of hydrogen-bond acceptors (Lipinski definition) is 6. The van der Waals surface area contributed by atoms with Crippen LogP contribution >= 0.6 is 0 Å². The first-order valence-electron chi connectivity index (χ1n) is 10.4. The number of anilines is 2. The molecule has 166 valence electrons. The molecule has 1 aliphatic rings. The summed E-state index contributed by atoms with van der Waals surface area (Å²) < 4.78 is 16.2. The average Bonchev–Trinajstić information content (AvgIpc) is 2.84. The predicted octanol–water partition coefficient (Wildman–Crippen LogP) is 4.08. The van der Waals surface area contributed by atoms with Gasteiger partial charge in [-0.05, 0) is 36.8 Å². The smallest absolute Gasteiger partial charge is 0.258 e. The predicted molar refractivity (Wildman–Crippen MR) is 124 cm³/mol. The molecule has 7 heteroatoms. The number of fused-ring (bicyclic) bond motifs is 1. The maximum Gasteiger partial charge on any atom is 0.258 e. The fourth-order valence-corrected chi connectivity index (χ4v) is 3.93. The minimum Gasteiger partial charge on any atom is -0.493 e. The lowest BCUT2D eigenvalue weighted by Gasteiger charge is -2.36. The van der Waals surface area contributed by atoms with Gasteiger partial charge in [-0.2, -0.15) is 0 Å². The second-order valence-electron chi connectivity index (χ2n) is 7.62. The second kappa shape index (κ2) is 9.18. The highest BCUT2D eigenvalue weighted by Crippen LogP contribution is 2.39. The summed E-state index contributed by atoms with van der Waals surface area (Å²) in [5, 5.41) is 0. The maximum atomic E-state index is 13.5. The van der Waals surface area contributed by atoms with Gasteiger partial charge in [0, 0.05) is 31.4 Å². The van der Waals surface area contributed by atoms with Crippen molar-refractivity contribution in [3.05, 3.63) is 71.4 Å². The van der Waals surface area contributed by atoms with E-state index in [0.29, 0.717) is 35.9 Å². The number of nitrogens with zero attached hydrogens (tertiary/aromatic N) is 3. The summed E-state index contributed by atoms with van der Waals surface area (Å²) in [5.41, 5.74) is 3.68. The van der Waals surface area contributed by atoms with E-state index in [1.807, 2.05) is 12.1 Å². The van der Waals surface area contributed by atoms with Gasteiger partial charge in [0.15, 0.2) is 17.3 Å². The van der Waals surface area contributed by atoms with Gasteiger partial charge < -0.3 is 24.0 Å². The zero-order valence-electron chi connectivity index (χ0n) is 18.8. The second-order valence-corrected chi connectivity index (χ2v) is 7.62. The topological polar surface area (TPSA) is 64.1 Å². The number of carbonyl (C=O) groups is 1. The normalized spacial score (nSPS) is 12.9. The summed E-state index contributed by atoms with van der Waals surface area (Å²) in [6.07, 6.45) is 1.76. The zero-order valence-corrected chi connectivity index (χ0v) is 18.8. The monoisotopic (exact) mass is 433 g/mol. The summed E-state index contributed by atoms with van der Waals surface area (Å²) in [6.45, 7) is 4.03. The number of amides is 1. The van der Waals surface area contributed by atoms with Crippen LogP contribution in [-0.4, -0.2) is 45.3 Å². The first-order chi connectivity index (χ1) is 15.5. The number of benzene rings is 2. The van der Waals surface area contributed by atoms with Crippen LogP contribution in [0.5, 0.6) is 17.2 Å². The molecule has 0 fully saturated rings. The molecule has 0 saturated heterocycles. The van der Waals surface area contributed by atoms with Crippen LogP contribution in [0.15, 0.2) is 54.7 Å². The number of carbonyl (C=O) groups excluding carboxylic acids is 1. The number of hydrogen-bond donors (Lipinski definition) is 0. The number of rotatable bonds is 6. The van der Waals surface area contributed by atoms with E-state index in [-0.39, 0.29) is 5.91 Å². The van der Waals surface area contributed by atoms with Gasteiger partial charge >= 0.3 is 0 Å². The molecule has 4 rings (SSSR count). The molecule has 0 unspecified atom stereocenters. The molecule has 2 aromatic carbocycles. The fourth-order valence-electron chi connectivity index (χ4n) is 3.93. The highest BCUT2D eigenvalue weighted by molar-refractivity contribution is 6.08. The molecule has 0 N–H and O–H groups in total. The molecule has 0 bridgehead atoms. The minimum absolute atomic E-state index is 0.145. The number of aromatic nitrogens is 1. The summed E-state index contributed by atoms with van der Waals surface area (Å²) in [7, 11) is 4.61. The SMILES string of the molecule is COc1cc(C(=O)N2CCN(Cc3ccc(C)cc3)c3ncccc32)cc(OC)c1OC. The minimum atomic E-state index is -0.145. The van der Waals surface area contributed by atoms with Crippen LogP contribution in [0.1, 0.15) is 21.5 Å². The van der Waals surface area contributed by atoms with Crippen molar-refractivity contribution in [2.45, 2.75) is 13.5 Å². The summed E-state index contributed by atoms with van der Waals surface area (Å²) in [5.74, 6) is 1.99. The molecule has 1 aliphatic heterocycles. The van der Waals surface area contributed by atoms with Crippen molar-refractivity contribution in [3.8, 4) is 17.2 Å². The van der Waals surface area contributed by atoms with E-state index in [4.69, 9.17) is 14.2 Å². The van der Waals surface area contributed by atoms with Gasteiger partial charge in [0.2, 0.25) is 5.75 Å². The Hall–Kier alpha value is -3.74. The molecule has 0 saturated carbocycles. The molecule has 1 amide bonds. The van der Waals surface area contributed by atoms with Crippen molar-refractivity contribution < 1.29 is 19.0 Å². The first kappa shape index (κ1) is 21.5. The Morgan fingerprint density at radius 1 is 0.969 bits per heavy atom. The van der Waals surface area contributed by atoms with Gasteiger partial charge in [-0.25, -0.2) is 4.98 Å². The Labute approximate surface area is 188 Å². The number of methoxy groups -OCH3 is 3. The van der Waals surface area contributed by atoms with Gasteiger partial charge in [-0.1, -0.05) is 29.8 Å². The lowest BCUT2D eigenvalue weighted by atomic mass is 10.1. The highest BCUT2D eigenvalue weighted by atomic mass is 16.5. The number of aryl methyl sites for hydroxylation is 1. The largest absolute Gasteiger partial charge is 0.493 e. The van der Waals surface area contributed by atoms with Gasteiger partial charge in [-0.15, -0.1) is 0 Å². The van der Waals surface area contributed by atoms with E-state index < -0.39 is 0 Å². The highest BCUT2D eigenvalue weighted by Gasteiger charge is 2.29. The Balaban J connectivity index is 1.66. The van der Waals surface area contributed by atoms with Crippen LogP contribution in [0.3, 0.4) is 0 Å². The van der Waals surface area contributed by atoms with E-state index in [9.17, 15) is 4.79 Å². The van der Waals surface area contributed by atoms with Crippen molar-refractivity contribution in [1.82, 2.24) is 4.98 Å². The summed E-state index contributed by atoms with van der Waals surface area (Å²) in [6, 6.07) is 15.6. The van der Waals surface area contributed by atoms with Crippen LogP contribution in [0.4, 0.5) is 11.5 Å². The summed E-state index contributed by atoms with van der Waals surface area (Å²) in [4.78, 5) is 22.1. The van der Waals surface area contributed by atoms with Crippen molar-refractivity contribution in [1.29, 1.82) is 0 Å². The molecular formula is C25H27N3O4. The zero-order chi connectivity index (χ0) is 22.7. The molecule has 0 atom stereocenters. The van der Waals surface area contributed by atoms with E-state index in [1.54, 1.807) is 23.2 Å². The molecule has 7 nitrogen and oxygen atoms in total. The Kier molecular flexibility index (Phi) is 6.16. The Morgan fingerprint density at radius 3 is 2.28 bits per heavy atom. The lowest BCUT2D eigenvalue weighted by Crippen LogP contribution is -2.44. The van der Waals surface area contributed by atoms with Gasteiger partial charge in [0.05, 0.1) is 27.0 Å². The average molecular weight is 434 g/mol. The van der Waals surface area contributed by atoms with Gasteiger partial charge in [0.1, 0.15) is 0 Å². The van der Waals surface area contributed by atoms with Crippen molar-refractivity contribution in [3.63, 3.8) is 0 Å². The molecule has 32 heavy (non-hydrogen) atoms. The third-order valence-electron chi connectivity index (χ3n) is 5.60. The molecular weight excluding hydrogens is 406 g/mol. The van der Waals surface area contributed by atoms with Crippen LogP contribution in [0.25, 0.3) is 0 Å². The fraction of sp³-hybridized carbons (Fsp3) is 0.280. The third-order valence-corrected chi connectivity index (χ3v) is 5.60. The van der Waals surface area contributed by atoms with E-state index in [2.05, 4.69) is 41.1 Å².